The van der Waals surface area contributed by atoms with E-state index in [1.54, 1.807) is 6.07 Å². The van der Waals surface area contributed by atoms with Crippen LogP contribution in [-0.4, -0.2) is 34.6 Å². The fourth-order valence-corrected chi connectivity index (χ4v) is 2.90. The molecule has 1 aliphatic rings. The molecule has 1 aliphatic carbocycles. The molecule has 3 nitrogen and oxygen atoms in total. The van der Waals surface area contributed by atoms with Crippen LogP contribution in [0.3, 0.4) is 0 Å². The van der Waals surface area contributed by atoms with E-state index in [0.717, 1.165) is 12.7 Å². The van der Waals surface area contributed by atoms with Crippen LogP contribution in [0.2, 0.25) is 0 Å². The van der Waals surface area contributed by atoms with Gasteiger partial charge in [-0.2, -0.15) is 0 Å². The first-order chi connectivity index (χ1) is 9.08. The van der Waals surface area contributed by atoms with Crippen LogP contribution in [0.1, 0.15) is 44.4 Å². The molecule has 1 saturated carbocycles. The second-order valence-electron chi connectivity index (χ2n) is 5.70. The van der Waals surface area contributed by atoms with Crippen LogP contribution in [0.5, 0.6) is 0 Å². The lowest BCUT2D eigenvalue weighted by Gasteiger charge is -2.29. The highest BCUT2D eigenvalue weighted by Crippen LogP contribution is 2.26. The third-order valence-electron chi connectivity index (χ3n) is 4.12. The summed E-state index contributed by atoms with van der Waals surface area (Å²) in [6.45, 7) is 2.85. The molecule has 2 atom stereocenters. The molecule has 2 rings (SSSR count). The molecule has 106 valence electrons. The lowest BCUT2D eigenvalue weighted by atomic mass is 10.00. The fraction of sp³-hybridized carbons (Fsp3) is 0.667. The lowest BCUT2D eigenvalue weighted by Crippen LogP contribution is -2.34. The summed E-state index contributed by atoms with van der Waals surface area (Å²) in [5, 5.41) is 10.3. The third-order valence-corrected chi connectivity index (χ3v) is 4.12. The number of aliphatic hydroxyl groups excluding tert-OH is 1. The Balaban J connectivity index is 1.91. The maximum atomic E-state index is 12.8. The number of halogens is 1. The SMILES string of the molecule is CC(CN(C)C1CCCC1)C(O)c1ccc(F)cn1. The molecule has 1 aromatic rings. The molecule has 0 aromatic carbocycles. The van der Waals surface area contributed by atoms with Gasteiger partial charge < -0.3 is 10.0 Å². The molecule has 4 heteroatoms. The normalized spacial score (nSPS) is 19.8. The van der Waals surface area contributed by atoms with Gasteiger partial charge in [0.1, 0.15) is 5.82 Å². The summed E-state index contributed by atoms with van der Waals surface area (Å²) >= 11 is 0. The first kappa shape index (κ1) is 14.4. The van der Waals surface area contributed by atoms with Crippen LogP contribution in [0.25, 0.3) is 0 Å². The summed E-state index contributed by atoms with van der Waals surface area (Å²) in [5.74, 6) is -0.282. The van der Waals surface area contributed by atoms with Crippen molar-refractivity contribution in [3.8, 4) is 0 Å². The molecule has 0 spiro atoms. The van der Waals surface area contributed by atoms with E-state index < -0.39 is 6.10 Å². The second kappa shape index (κ2) is 6.44. The highest BCUT2D eigenvalue weighted by molar-refractivity contribution is 5.08. The van der Waals surface area contributed by atoms with Crippen LogP contribution in [0, 0.1) is 11.7 Å². The Hall–Kier alpha value is -1.00. The van der Waals surface area contributed by atoms with Gasteiger partial charge in [-0.3, -0.25) is 4.98 Å². The Bertz CT molecular complexity index is 390. The molecule has 1 N–H and O–H groups in total. The summed E-state index contributed by atoms with van der Waals surface area (Å²) < 4.78 is 12.8. The molecular formula is C15H23FN2O. The molecule has 19 heavy (non-hydrogen) atoms. The maximum Gasteiger partial charge on any atom is 0.141 e. The van der Waals surface area contributed by atoms with Gasteiger partial charge in [-0.25, -0.2) is 4.39 Å². The van der Waals surface area contributed by atoms with E-state index in [-0.39, 0.29) is 11.7 Å². The van der Waals surface area contributed by atoms with Crippen LogP contribution < -0.4 is 0 Å². The first-order valence-electron chi connectivity index (χ1n) is 7.07. The van der Waals surface area contributed by atoms with Crippen molar-refractivity contribution in [2.45, 2.75) is 44.8 Å². The van der Waals surface area contributed by atoms with E-state index in [1.807, 2.05) is 6.92 Å². The summed E-state index contributed by atoms with van der Waals surface area (Å²) in [4.78, 5) is 6.30. The monoisotopic (exact) mass is 266 g/mol. The molecule has 0 saturated heterocycles. The number of pyridine rings is 1. The minimum atomic E-state index is -0.635. The predicted octanol–water partition coefficient (Wildman–Crippen LogP) is 2.76. The minimum absolute atomic E-state index is 0.0866. The molecule has 1 heterocycles. The number of hydrogen-bond donors (Lipinski definition) is 1. The summed E-state index contributed by atoms with van der Waals surface area (Å²) in [7, 11) is 2.12. The van der Waals surface area contributed by atoms with E-state index in [0.29, 0.717) is 11.7 Å². The van der Waals surface area contributed by atoms with Crippen LogP contribution >= 0.6 is 0 Å². The van der Waals surface area contributed by atoms with Crippen LogP contribution in [0.15, 0.2) is 18.3 Å². The highest BCUT2D eigenvalue weighted by atomic mass is 19.1. The van der Waals surface area contributed by atoms with E-state index in [2.05, 4.69) is 16.9 Å². The van der Waals surface area contributed by atoms with E-state index in [1.165, 1.54) is 31.7 Å². The largest absolute Gasteiger partial charge is 0.386 e. The van der Waals surface area contributed by atoms with Crippen molar-refractivity contribution in [3.05, 3.63) is 29.8 Å². The van der Waals surface area contributed by atoms with Crippen molar-refractivity contribution in [2.75, 3.05) is 13.6 Å². The first-order valence-corrected chi connectivity index (χ1v) is 7.07. The van der Waals surface area contributed by atoms with Crippen molar-refractivity contribution in [1.29, 1.82) is 0 Å². The highest BCUT2D eigenvalue weighted by Gasteiger charge is 2.24. The molecule has 1 fully saturated rings. The van der Waals surface area contributed by atoms with Gasteiger partial charge in [0.25, 0.3) is 0 Å². The van der Waals surface area contributed by atoms with Crippen molar-refractivity contribution in [3.63, 3.8) is 0 Å². The molecule has 1 aromatic heterocycles. The van der Waals surface area contributed by atoms with Crippen molar-refractivity contribution >= 4 is 0 Å². The van der Waals surface area contributed by atoms with Crippen molar-refractivity contribution < 1.29 is 9.50 Å². The Morgan fingerprint density at radius 3 is 2.68 bits per heavy atom. The third kappa shape index (κ3) is 3.74. The topological polar surface area (TPSA) is 36.4 Å². The molecule has 2 unspecified atom stereocenters. The maximum absolute atomic E-state index is 12.8. The Kier molecular flexibility index (Phi) is 4.88. The quantitative estimate of drug-likeness (QED) is 0.890. The Labute approximate surface area is 114 Å². The summed E-state index contributed by atoms with van der Waals surface area (Å²) in [6.07, 6.45) is 5.66. The summed E-state index contributed by atoms with van der Waals surface area (Å²) in [6, 6.07) is 3.56. The van der Waals surface area contributed by atoms with Crippen LogP contribution in [-0.2, 0) is 0 Å². The Morgan fingerprint density at radius 2 is 2.11 bits per heavy atom. The predicted molar refractivity (Wildman–Crippen MR) is 73.2 cm³/mol. The number of nitrogens with zero attached hydrogens (tertiary/aromatic N) is 2. The second-order valence-corrected chi connectivity index (χ2v) is 5.70. The number of aromatic nitrogens is 1. The van der Waals surface area contributed by atoms with Gasteiger partial charge in [0, 0.05) is 18.5 Å². The number of hydrogen-bond acceptors (Lipinski definition) is 3. The van der Waals surface area contributed by atoms with Crippen molar-refractivity contribution in [1.82, 2.24) is 9.88 Å². The molecular weight excluding hydrogens is 243 g/mol. The van der Waals surface area contributed by atoms with Gasteiger partial charge in [0.15, 0.2) is 0 Å². The standard InChI is InChI=1S/C15H23FN2O/c1-11(10-18(2)13-5-3-4-6-13)15(19)14-8-7-12(16)9-17-14/h7-9,11,13,15,19H,3-6,10H2,1-2H3. The van der Waals surface area contributed by atoms with Crippen LogP contribution in [0.4, 0.5) is 4.39 Å². The number of aliphatic hydroxyl groups is 1. The van der Waals surface area contributed by atoms with E-state index in [9.17, 15) is 9.50 Å². The minimum Gasteiger partial charge on any atom is -0.386 e. The average molecular weight is 266 g/mol. The van der Waals surface area contributed by atoms with E-state index in [4.69, 9.17) is 0 Å². The molecule has 0 radical (unpaired) electrons. The Morgan fingerprint density at radius 1 is 1.42 bits per heavy atom. The number of rotatable bonds is 5. The van der Waals surface area contributed by atoms with Gasteiger partial charge in [-0.05, 0) is 32.0 Å². The molecule has 0 amide bonds. The zero-order chi connectivity index (χ0) is 13.8. The van der Waals surface area contributed by atoms with E-state index >= 15 is 0 Å². The molecule has 0 bridgehead atoms. The zero-order valence-electron chi connectivity index (χ0n) is 11.7. The lowest BCUT2D eigenvalue weighted by molar-refractivity contribution is 0.0808. The van der Waals surface area contributed by atoms with Gasteiger partial charge in [0.2, 0.25) is 0 Å². The van der Waals surface area contributed by atoms with Gasteiger partial charge >= 0.3 is 0 Å². The molecule has 0 aliphatic heterocycles. The van der Waals surface area contributed by atoms with Gasteiger partial charge in [0.05, 0.1) is 18.0 Å². The smallest absolute Gasteiger partial charge is 0.141 e. The zero-order valence-corrected chi connectivity index (χ0v) is 11.7. The fourth-order valence-electron chi connectivity index (χ4n) is 2.90. The van der Waals surface area contributed by atoms with Gasteiger partial charge in [-0.15, -0.1) is 0 Å². The van der Waals surface area contributed by atoms with Gasteiger partial charge in [-0.1, -0.05) is 19.8 Å². The average Bonchev–Trinajstić information content (AvgIpc) is 2.92. The summed E-state index contributed by atoms with van der Waals surface area (Å²) in [5.41, 5.74) is 0.550. The van der Waals surface area contributed by atoms with Crippen molar-refractivity contribution in [2.24, 2.45) is 5.92 Å².